The van der Waals surface area contributed by atoms with Crippen LogP contribution in [0.25, 0.3) is 0 Å². The quantitative estimate of drug-likeness (QED) is 0.527. The van der Waals surface area contributed by atoms with Crippen LogP contribution in [0.2, 0.25) is 0 Å². The van der Waals surface area contributed by atoms with Crippen molar-refractivity contribution in [3.63, 3.8) is 0 Å². The number of aromatic nitrogens is 1. The Balaban J connectivity index is 1.44. The Labute approximate surface area is 180 Å². The number of carbonyl (C=O) groups excluding carboxylic acids is 1. The monoisotopic (exact) mass is 421 g/mol. The first-order valence-corrected chi connectivity index (χ1v) is 10.2. The van der Waals surface area contributed by atoms with Gasteiger partial charge in [-0.15, -0.1) is 0 Å². The van der Waals surface area contributed by atoms with E-state index in [0.29, 0.717) is 31.0 Å². The van der Waals surface area contributed by atoms with Crippen molar-refractivity contribution in [2.75, 3.05) is 25.1 Å². The zero-order valence-electron chi connectivity index (χ0n) is 17.5. The lowest BCUT2D eigenvalue weighted by Gasteiger charge is -2.22. The zero-order valence-corrected chi connectivity index (χ0v) is 17.5. The predicted molar refractivity (Wildman–Crippen MR) is 116 cm³/mol. The molecule has 2 aromatic carbocycles. The molecule has 1 aromatic heterocycles. The topological polar surface area (TPSA) is 54.9 Å². The Morgan fingerprint density at radius 1 is 1.19 bits per heavy atom. The summed E-state index contributed by atoms with van der Waals surface area (Å²) in [5, 5.41) is 0. The molecule has 0 spiro atoms. The van der Waals surface area contributed by atoms with Gasteiger partial charge in [-0.1, -0.05) is 18.2 Å². The number of hydrogen-bond donors (Lipinski definition) is 0. The molecule has 4 rings (SSSR count). The van der Waals surface area contributed by atoms with E-state index in [1.165, 1.54) is 6.07 Å². The summed E-state index contributed by atoms with van der Waals surface area (Å²) in [5.41, 5.74) is 1.76. The van der Waals surface area contributed by atoms with Gasteiger partial charge in [-0.2, -0.15) is 0 Å². The lowest BCUT2D eigenvalue weighted by atomic mass is 10.1. The van der Waals surface area contributed by atoms with Gasteiger partial charge < -0.3 is 19.3 Å². The molecule has 2 heterocycles. The highest BCUT2D eigenvalue weighted by molar-refractivity contribution is 5.69. The van der Waals surface area contributed by atoms with Crippen LogP contribution in [0.3, 0.4) is 0 Å². The first-order chi connectivity index (χ1) is 15.0. The van der Waals surface area contributed by atoms with Crippen LogP contribution < -0.4 is 9.64 Å². The summed E-state index contributed by atoms with van der Waals surface area (Å²) in [6.07, 6.45) is 2.10. The van der Waals surface area contributed by atoms with E-state index in [1.807, 2.05) is 48.2 Å². The molecule has 1 atom stereocenters. The van der Waals surface area contributed by atoms with Crippen molar-refractivity contribution >= 4 is 17.6 Å². The summed E-state index contributed by atoms with van der Waals surface area (Å²) >= 11 is 0. The summed E-state index contributed by atoms with van der Waals surface area (Å²) < 4.78 is 25.5. The normalized spacial score (nSPS) is 15.6. The van der Waals surface area contributed by atoms with Crippen molar-refractivity contribution in [2.45, 2.75) is 19.4 Å². The summed E-state index contributed by atoms with van der Waals surface area (Å²) in [7, 11) is 1.73. The van der Waals surface area contributed by atoms with Gasteiger partial charge in [0.2, 0.25) is 0 Å². The average Bonchev–Trinajstić information content (AvgIpc) is 3.10. The van der Waals surface area contributed by atoms with E-state index < -0.39 is 5.82 Å². The third-order valence-corrected chi connectivity index (χ3v) is 5.33. The second-order valence-electron chi connectivity index (χ2n) is 7.34. The Hall–Kier alpha value is -3.61. The molecule has 1 unspecified atom stereocenters. The van der Waals surface area contributed by atoms with Crippen molar-refractivity contribution in [3.8, 4) is 11.5 Å². The molecule has 0 aliphatic carbocycles. The molecule has 160 valence electrons. The molecule has 1 amide bonds. The number of carbonyl (C=O) groups is 1. The number of cyclic esters (lactones) is 1. The molecule has 31 heavy (non-hydrogen) atoms. The Bertz CT molecular complexity index is 1040. The summed E-state index contributed by atoms with van der Waals surface area (Å²) in [6.45, 7) is 3.03. The molecule has 1 saturated heterocycles. The first-order valence-electron chi connectivity index (χ1n) is 10.2. The third kappa shape index (κ3) is 4.60. The highest BCUT2D eigenvalue weighted by Gasteiger charge is 2.29. The van der Waals surface area contributed by atoms with E-state index >= 15 is 0 Å². The van der Waals surface area contributed by atoms with Gasteiger partial charge in [-0.3, -0.25) is 0 Å². The molecule has 1 fully saturated rings. The van der Waals surface area contributed by atoms with Crippen molar-refractivity contribution in [1.82, 2.24) is 9.88 Å². The van der Waals surface area contributed by atoms with E-state index in [1.54, 1.807) is 36.3 Å². The minimum atomic E-state index is -0.445. The van der Waals surface area contributed by atoms with Crippen molar-refractivity contribution in [3.05, 3.63) is 78.2 Å². The van der Waals surface area contributed by atoms with Crippen LogP contribution in [0.1, 0.15) is 12.5 Å². The Morgan fingerprint density at radius 3 is 2.61 bits per heavy atom. The smallest absolute Gasteiger partial charge is 0.409 e. The number of benzene rings is 2. The molecule has 0 radical (unpaired) electrons. The minimum absolute atomic E-state index is 0.0184. The molecule has 1 aliphatic heterocycles. The van der Waals surface area contributed by atoms with Gasteiger partial charge in [-0.25, -0.2) is 14.2 Å². The number of amides is 1. The van der Waals surface area contributed by atoms with Gasteiger partial charge in [-0.05, 0) is 55.3 Å². The maximum atomic E-state index is 14.8. The third-order valence-electron chi connectivity index (χ3n) is 5.33. The van der Waals surface area contributed by atoms with Crippen LogP contribution in [0.4, 0.5) is 20.7 Å². The Morgan fingerprint density at radius 2 is 2.00 bits per heavy atom. The predicted octanol–water partition coefficient (Wildman–Crippen LogP) is 5.16. The number of nitrogens with zero attached hydrogens (tertiary/aromatic N) is 3. The van der Waals surface area contributed by atoms with Gasteiger partial charge in [0.1, 0.15) is 18.2 Å². The average molecular weight is 421 g/mol. The first kappa shape index (κ1) is 20.7. The standard InChI is InChI=1S/C24H24FN3O3/c1-3-28(23-6-4-5-13-26-23)18-9-12-22(21(25)15-18)31-20-10-7-17(8-11-20)14-19-16-30-24(29)27(19)2/h4-13,15,19H,3,14,16H2,1-2H3. The zero-order chi connectivity index (χ0) is 21.8. The number of pyridine rings is 1. The van der Waals surface area contributed by atoms with E-state index in [4.69, 9.17) is 9.47 Å². The van der Waals surface area contributed by atoms with Gasteiger partial charge in [0, 0.05) is 31.5 Å². The molecule has 0 bridgehead atoms. The maximum Gasteiger partial charge on any atom is 0.409 e. The lowest BCUT2D eigenvalue weighted by Crippen LogP contribution is -2.30. The number of likely N-dealkylation sites (N-methyl/N-ethyl adjacent to an activating group) is 1. The van der Waals surface area contributed by atoms with Crippen molar-refractivity contribution in [1.29, 1.82) is 0 Å². The fourth-order valence-corrected chi connectivity index (χ4v) is 3.55. The maximum absolute atomic E-state index is 14.8. The molecule has 7 heteroatoms. The number of hydrogen-bond acceptors (Lipinski definition) is 5. The second kappa shape index (κ2) is 9.04. The molecular formula is C24H24FN3O3. The SMILES string of the molecule is CCN(c1ccc(Oc2ccc(CC3COC(=O)N3C)cc2)c(F)c1)c1ccccn1. The molecule has 3 aromatic rings. The van der Waals surface area contributed by atoms with Crippen LogP contribution in [-0.2, 0) is 11.2 Å². The fourth-order valence-electron chi connectivity index (χ4n) is 3.55. The second-order valence-corrected chi connectivity index (χ2v) is 7.34. The molecule has 0 N–H and O–H groups in total. The Kier molecular flexibility index (Phi) is 6.02. The number of rotatable bonds is 7. The van der Waals surface area contributed by atoms with E-state index in [2.05, 4.69) is 4.98 Å². The van der Waals surface area contributed by atoms with Crippen molar-refractivity contribution in [2.24, 2.45) is 0 Å². The number of anilines is 2. The van der Waals surface area contributed by atoms with Gasteiger partial charge in [0.05, 0.1) is 6.04 Å². The van der Waals surface area contributed by atoms with Gasteiger partial charge >= 0.3 is 6.09 Å². The highest BCUT2D eigenvalue weighted by atomic mass is 19.1. The number of ether oxygens (including phenoxy) is 2. The molecule has 0 saturated carbocycles. The molecular weight excluding hydrogens is 397 g/mol. The van der Waals surface area contributed by atoms with E-state index in [-0.39, 0.29) is 17.9 Å². The van der Waals surface area contributed by atoms with Crippen LogP contribution in [0.15, 0.2) is 66.9 Å². The highest BCUT2D eigenvalue weighted by Crippen LogP contribution is 2.31. The summed E-state index contributed by atoms with van der Waals surface area (Å²) in [6, 6.07) is 18.0. The number of halogens is 1. The summed E-state index contributed by atoms with van der Waals surface area (Å²) in [4.78, 5) is 19.3. The van der Waals surface area contributed by atoms with Crippen LogP contribution in [-0.4, -0.2) is 42.2 Å². The van der Waals surface area contributed by atoms with Crippen molar-refractivity contribution < 1.29 is 18.7 Å². The van der Waals surface area contributed by atoms with Crippen LogP contribution in [0, 0.1) is 5.82 Å². The van der Waals surface area contributed by atoms with Gasteiger partial charge in [0.15, 0.2) is 11.6 Å². The largest absolute Gasteiger partial charge is 0.454 e. The fraction of sp³-hybridized carbons (Fsp3) is 0.250. The molecule has 1 aliphatic rings. The van der Waals surface area contributed by atoms with E-state index in [9.17, 15) is 9.18 Å². The van der Waals surface area contributed by atoms with Crippen LogP contribution in [0.5, 0.6) is 11.5 Å². The minimum Gasteiger partial charge on any atom is -0.454 e. The lowest BCUT2D eigenvalue weighted by molar-refractivity contribution is 0.163. The van der Waals surface area contributed by atoms with Crippen LogP contribution >= 0.6 is 0 Å². The summed E-state index contributed by atoms with van der Waals surface area (Å²) in [5.74, 6) is 1.01. The van der Waals surface area contributed by atoms with E-state index in [0.717, 1.165) is 11.4 Å². The molecule has 6 nitrogen and oxygen atoms in total. The van der Waals surface area contributed by atoms with Gasteiger partial charge in [0.25, 0.3) is 0 Å².